The number of thioether (sulfide) groups is 1. The highest BCUT2D eigenvalue weighted by Gasteiger charge is 2.14. The van der Waals surface area contributed by atoms with E-state index in [0.717, 1.165) is 16.0 Å². The van der Waals surface area contributed by atoms with Crippen molar-refractivity contribution in [3.8, 4) is 0 Å². The normalized spacial score (nSPS) is 12.7. The number of thiophene rings is 1. The molecule has 0 amide bonds. The number of rotatable bonds is 3. The van der Waals surface area contributed by atoms with E-state index in [9.17, 15) is 5.11 Å². The van der Waals surface area contributed by atoms with E-state index in [0.29, 0.717) is 0 Å². The molecular weight excluding hydrogens is 236 g/mol. The van der Waals surface area contributed by atoms with Crippen molar-refractivity contribution >= 4 is 23.1 Å². The van der Waals surface area contributed by atoms with Gasteiger partial charge in [0.2, 0.25) is 0 Å². The van der Waals surface area contributed by atoms with Gasteiger partial charge in [0.05, 0.1) is 0 Å². The lowest BCUT2D eigenvalue weighted by molar-refractivity contribution is 0.218. The van der Waals surface area contributed by atoms with Crippen LogP contribution in [0.25, 0.3) is 0 Å². The quantitative estimate of drug-likeness (QED) is 0.835. The van der Waals surface area contributed by atoms with E-state index in [1.165, 1.54) is 4.88 Å². The summed E-state index contributed by atoms with van der Waals surface area (Å²) < 4.78 is 0. The lowest BCUT2D eigenvalue weighted by Crippen LogP contribution is -1.99. The van der Waals surface area contributed by atoms with Crippen LogP contribution in [0.5, 0.6) is 0 Å². The molecule has 1 nitrogen and oxygen atoms in total. The first-order chi connectivity index (χ1) is 7.72. The minimum absolute atomic E-state index is 0.506. The Kier molecular flexibility index (Phi) is 3.69. The molecule has 1 aromatic carbocycles. The van der Waals surface area contributed by atoms with Crippen LogP contribution in [0.4, 0.5) is 0 Å². The van der Waals surface area contributed by atoms with E-state index < -0.39 is 6.10 Å². The fourth-order valence-corrected chi connectivity index (χ4v) is 3.03. The Balaban J connectivity index is 2.36. The molecule has 84 valence electrons. The monoisotopic (exact) mass is 250 g/mol. The summed E-state index contributed by atoms with van der Waals surface area (Å²) in [6.45, 7) is 2.06. The van der Waals surface area contributed by atoms with Crippen LogP contribution in [0.15, 0.2) is 40.6 Å². The van der Waals surface area contributed by atoms with E-state index in [4.69, 9.17) is 0 Å². The number of aliphatic hydroxyl groups excluding tert-OH is 1. The summed E-state index contributed by atoms with van der Waals surface area (Å²) >= 11 is 3.34. The van der Waals surface area contributed by atoms with Crippen molar-refractivity contribution in [1.82, 2.24) is 0 Å². The second-order valence-corrected chi connectivity index (χ2v) is 5.60. The topological polar surface area (TPSA) is 20.2 Å². The zero-order valence-electron chi connectivity index (χ0n) is 9.31. The maximum atomic E-state index is 10.3. The molecule has 2 rings (SSSR count). The minimum atomic E-state index is -0.506. The zero-order chi connectivity index (χ0) is 11.5. The van der Waals surface area contributed by atoms with Crippen molar-refractivity contribution in [2.45, 2.75) is 17.9 Å². The van der Waals surface area contributed by atoms with Gasteiger partial charge in [-0.2, -0.15) is 0 Å². The first kappa shape index (κ1) is 11.7. The molecule has 0 bridgehead atoms. The van der Waals surface area contributed by atoms with E-state index in [2.05, 4.69) is 6.92 Å². The zero-order valence-corrected chi connectivity index (χ0v) is 10.9. The Morgan fingerprint density at radius 1 is 1.31 bits per heavy atom. The van der Waals surface area contributed by atoms with Gasteiger partial charge < -0.3 is 5.11 Å². The van der Waals surface area contributed by atoms with E-state index in [1.54, 1.807) is 23.1 Å². The van der Waals surface area contributed by atoms with Crippen molar-refractivity contribution in [2.75, 3.05) is 6.26 Å². The lowest BCUT2D eigenvalue weighted by atomic mass is 10.0. The molecule has 0 aliphatic carbocycles. The summed E-state index contributed by atoms with van der Waals surface area (Å²) in [4.78, 5) is 2.37. The number of hydrogen-bond acceptors (Lipinski definition) is 3. The van der Waals surface area contributed by atoms with Crippen molar-refractivity contribution in [3.63, 3.8) is 0 Å². The van der Waals surface area contributed by atoms with Crippen LogP contribution in [0, 0.1) is 6.92 Å². The number of aryl methyl sites for hydroxylation is 1. The maximum absolute atomic E-state index is 10.3. The highest BCUT2D eigenvalue weighted by molar-refractivity contribution is 7.98. The Hall–Kier alpha value is -0.770. The van der Waals surface area contributed by atoms with Gasteiger partial charge in [-0.1, -0.05) is 18.2 Å². The number of benzene rings is 1. The van der Waals surface area contributed by atoms with Gasteiger partial charge in [0, 0.05) is 9.77 Å². The van der Waals surface area contributed by atoms with Gasteiger partial charge in [-0.15, -0.1) is 23.1 Å². The van der Waals surface area contributed by atoms with Crippen LogP contribution >= 0.6 is 23.1 Å². The van der Waals surface area contributed by atoms with Crippen LogP contribution in [0.3, 0.4) is 0 Å². The lowest BCUT2D eigenvalue weighted by Gasteiger charge is -2.13. The average molecular weight is 250 g/mol. The minimum Gasteiger partial charge on any atom is -0.384 e. The second kappa shape index (κ2) is 5.04. The van der Waals surface area contributed by atoms with Gasteiger partial charge in [-0.25, -0.2) is 0 Å². The van der Waals surface area contributed by atoms with E-state index in [1.807, 2.05) is 42.0 Å². The molecule has 0 saturated heterocycles. The Morgan fingerprint density at radius 2 is 2.06 bits per heavy atom. The van der Waals surface area contributed by atoms with E-state index in [-0.39, 0.29) is 0 Å². The van der Waals surface area contributed by atoms with Crippen molar-refractivity contribution in [1.29, 1.82) is 0 Å². The summed E-state index contributed by atoms with van der Waals surface area (Å²) in [6.07, 6.45) is 1.53. The summed E-state index contributed by atoms with van der Waals surface area (Å²) in [5.74, 6) is 0. The van der Waals surface area contributed by atoms with Crippen molar-refractivity contribution in [2.24, 2.45) is 0 Å². The molecule has 0 aliphatic heterocycles. The first-order valence-electron chi connectivity index (χ1n) is 5.08. The Bertz CT molecular complexity index is 476. The average Bonchev–Trinajstić information content (AvgIpc) is 2.75. The van der Waals surface area contributed by atoms with Crippen molar-refractivity contribution in [3.05, 3.63) is 51.7 Å². The molecule has 1 N–H and O–H groups in total. The van der Waals surface area contributed by atoms with Gasteiger partial charge in [-0.05, 0) is 41.8 Å². The van der Waals surface area contributed by atoms with Gasteiger partial charge in [0.25, 0.3) is 0 Å². The third-order valence-electron chi connectivity index (χ3n) is 2.50. The molecule has 1 heterocycles. The summed E-state index contributed by atoms with van der Waals surface area (Å²) in [7, 11) is 0. The molecule has 1 aromatic heterocycles. The molecule has 16 heavy (non-hydrogen) atoms. The molecule has 1 atom stereocenters. The van der Waals surface area contributed by atoms with Gasteiger partial charge >= 0.3 is 0 Å². The summed E-state index contributed by atoms with van der Waals surface area (Å²) in [5, 5.41) is 12.3. The Morgan fingerprint density at radius 3 is 2.69 bits per heavy atom. The largest absolute Gasteiger partial charge is 0.384 e. The fourth-order valence-electron chi connectivity index (χ4n) is 1.68. The maximum Gasteiger partial charge on any atom is 0.106 e. The fraction of sp³-hybridized carbons (Fsp3) is 0.231. The third-order valence-corrected chi connectivity index (χ3v) is 4.19. The highest BCUT2D eigenvalue weighted by Crippen LogP contribution is 2.31. The van der Waals surface area contributed by atoms with Crippen LogP contribution in [-0.2, 0) is 0 Å². The number of aliphatic hydroxyl groups is 1. The predicted octanol–water partition coefficient (Wildman–Crippen LogP) is 3.86. The molecule has 0 spiro atoms. The molecule has 0 saturated carbocycles. The highest BCUT2D eigenvalue weighted by atomic mass is 32.2. The van der Waals surface area contributed by atoms with Crippen LogP contribution in [0.2, 0.25) is 0 Å². The van der Waals surface area contributed by atoms with Gasteiger partial charge in [0.1, 0.15) is 6.10 Å². The summed E-state index contributed by atoms with van der Waals surface area (Å²) in [6, 6.07) is 10.1. The van der Waals surface area contributed by atoms with E-state index >= 15 is 0 Å². The molecule has 0 fully saturated rings. The van der Waals surface area contributed by atoms with Gasteiger partial charge in [0.15, 0.2) is 0 Å². The number of hydrogen-bond donors (Lipinski definition) is 1. The predicted molar refractivity (Wildman–Crippen MR) is 71.3 cm³/mol. The van der Waals surface area contributed by atoms with Gasteiger partial charge in [-0.3, -0.25) is 0 Å². The molecular formula is C13H14OS2. The van der Waals surface area contributed by atoms with Crippen LogP contribution < -0.4 is 0 Å². The smallest absolute Gasteiger partial charge is 0.106 e. The molecule has 2 aromatic rings. The molecule has 0 aliphatic rings. The van der Waals surface area contributed by atoms with Crippen LogP contribution in [-0.4, -0.2) is 11.4 Å². The third kappa shape index (κ3) is 2.32. The second-order valence-electron chi connectivity index (χ2n) is 3.64. The summed E-state index contributed by atoms with van der Waals surface area (Å²) in [5.41, 5.74) is 1.98. The molecule has 0 radical (unpaired) electrons. The van der Waals surface area contributed by atoms with Crippen molar-refractivity contribution < 1.29 is 5.11 Å². The SMILES string of the molecule is CSc1ccccc1C(O)c1csc(C)c1. The van der Waals surface area contributed by atoms with Crippen LogP contribution in [0.1, 0.15) is 22.1 Å². The first-order valence-corrected chi connectivity index (χ1v) is 7.19. The Labute approximate surface area is 104 Å². The molecule has 3 heteroatoms. The standard InChI is InChI=1S/C13H14OS2/c1-9-7-10(8-16-9)13(14)11-5-3-4-6-12(11)15-2/h3-8,13-14H,1-2H3. The molecule has 1 unspecified atom stereocenters.